The van der Waals surface area contributed by atoms with E-state index in [0.717, 1.165) is 65.4 Å². The largest absolute Gasteiger partial charge is 0.493 e. The van der Waals surface area contributed by atoms with Crippen molar-refractivity contribution in [2.75, 3.05) is 125 Å². The second-order valence-electron chi connectivity index (χ2n) is 17.4. The summed E-state index contributed by atoms with van der Waals surface area (Å²) >= 11 is 6.36. The maximum Gasteiger partial charge on any atom is 0.350 e. The number of methoxy groups -OCH3 is 10. The van der Waals surface area contributed by atoms with Gasteiger partial charge < -0.3 is 65.8 Å². The number of fused-ring (bicyclic) bond motifs is 2. The van der Waals surface area contributed by atoms with Gasteiger partial charge in [0.2, 0.25) is 11.5 Å². The Balaban J connectivity index is 1.11. The van der Waals surface area contributed by atoms with Gasteiger partial charge in [-0.3, -0.25) is 0 Å². The van der Waals surface area contributed by atoms with Crippen molar-refractivity contribution in [1.29, 1.82) is 0 Å². The quantitative estimate of drug-likeness (QED) is 0.0329. The first-order valence-corrected chi connectivity index (χ1v) is 23.1. The second-order valence-corrected chi connectivity index (χ2v) is 17.8. The van der Waals surface area contributed by atoms with Crippen LogP contribution in [0.3, 0.4) is 0 Å². The summed E-state index contributed by atoms with van der Waals surface area (Å²) in [4.78, 5) is 26.1. The van der Waals surface area contributed by atoms with Gasteiger partial charge in [-0.1, -0.05) is 11.6 Å². The van der Waals surface area contributed by atoms with Gasteiger partial charge in [0.1, 0.15) is 17.1 Å². The number of rotatable bonds is 22. The van der Waals surface area contributed by atoms with Gasteiger partial charge in [-0.05, 0) is 59.7 Å². The van der Waals surface area contributed by atoms with Crippen molar-refractivity contribution in [3.8, 4) is 57.5 Å². The summed E-state index contributed by atoms with van der Waals surface area (Å²) in [6.45, 7) is 2.96. The Morgan fingerprint density at radius 2 is 0.855 bits per heavy atom. The Bertz CT molecular complexity index is 2460. The molecule has 2 heterocycles. The van der Waals surface area contributed by atoms with Crippen molar-refractivity contribution in [3.63, 3.8) is 0 Å². The van der Waals surface area contributed by atoms with Gasteiger partial charge >= 0.3 is 11.9 Å². The lowest BCUT2D eigenvalue weighted by Crippen LogP contribution is -2.52. The minimum Gasteiger partial charge on any atom is -0.493 e. The first kappa shape index (κ1) is 52.1. The second kappa shape index (κ2) is 22.9. The van der Waals surface area contributed by atoms with Crippen molar-refractivity contribution in [2.45, 2.75) is 37.8 Å². The highest BCUT2D eigenvalue weighted by atomic mass is 35.5. The molecule has 1 unspecified atom stereocenters. The van der Waals surface area contributed by atoms with Crippen molar-refractivity contribution in [1.82, 2.24) is 0 Å². The van der Waals surface area contributed by atoms with E-state index in [1.54, 1.807) is 71.1 Å². The minimum atomic E-state index is -0.816. The molecule has 0 amide bonds. The number of benzene rings is 4. The Kier molecular flexibility index (Phi) is 17.3. The van der Waals surface area contributed by atoms with E-state index in [9.17, 15) is 9.59 Å². The summed E-state index contributed by atoms with van der Waals surface area (Å²) < 4.78 is 69.5. The molecule has 16 nitrogen and oxygen atoms in total. The van der Waals surface area contributed by atoms with E-state index in [0.29, 0.717) is 92.4 Å². The number of hydrogen-bond acceptors (Lipinski definition) is 14. The fraction of sp³-hybridized carbons (Fsp3) is 0.462. The van der Waals surface area contributed by atoms with Crippen LogP contribution >= 0.6 is 11.6 Å². The lowest BCUT2D eigenvalue weighted by Gasteiger charge is -2.46. The van der Waals surface area contributed by atoms with Gasteiger partial charge in [0.15, 0.2) is 46.0 Å². The molecule has 2 aliphatic rings. The maximum atomic E-state index is 13.1. The van der Waals surface area contributed by atoms with Gasteiger partial charge in [0.05, 0.1) is 125 Å². The topological polar surface area (TPSA) is 145 Å². The van der Waals surface area contributed by atoms with Crippen LogP contribution in [0.25, 0.3) is 0 Å². The zero-order valence-electron chi connectivity index (χ0n) is 41.9. The highest BCUT2D eigenvalue weighted by Gasteiger charge is 2.43. The monoisotopic (exact) mass is 978 g/mol. The molecule has 2 aliphatic heterocycles. The molecule has 0 saturated carbocycles. The highest BCUT2D eigenvalue weighted by molar-refractivity contribution is 6.42. The third-order valence-electron chi connectivity index (χ3n) is 13.5. The number of likely N-dealkylation sites (N-methyl/N-ethyl adjacent to an activating group) is 2. The van der Waals surface area contributed by atoms with Gasteiger partial charge in [-0.15, -0.1) is 0 Å². The maximum absolute atomic E-state index is 13.1. The standard InChI is InChI=1S/C52H67ClN2O14/c1-54(19-15-32-23-39(58-3)41(60-5)29-36(32)48(54)34-25-43(62-7)50(66-11)44(26-34)63-8)17-13-21-68-47(56)31-38(53)52(57)69-22-14-18-55(2)20-16-33-24-40(59-4)42(61-6)30-37(33)49(55)35-27-45(64-9)51(67-12)46(28-35)65-10/h23-31,48-49H,13-22H2,1-12H3/q+2/b38-31-/t48-,49?,54-,55-/m1/s1. The number of hydrogen-bond donors (Lipinski definition) is 0. The summed E-state index contributed by atoms with van der Waals surface area (Å²) in [7, 11) is 20.4. The van der Waals surface area contributed by atoms with E-state index in [4.69, 9.17) is 68.4 Å². The first-order chi connectivity index (χ1) is 33.2. The lowest BCUT2D eigenvalue weighted by molar-refractivity contribution is -0.935. The Labute approximate surface area is 410 Å². The molecule has 0 N–H and O–H groups in total. The van der Waals surface area contributed by atoms with Gasteiger partial charge in [0, 0.05) is 54.0 Å². The third-order valence-corrected chi connectivity index (χ3v) is 13.7. The first-order valence-electron chi connectivity index (χ1n) is 22.7. The molecule has 374 valence electrons. The molecule has 0 aliphatic carbocycles. The highest BCUT2D eigenvalue weighted by Crippen LogP contribution is 2.50. The molecule has 4 aromatic rings. The fourth-order valence-electron chi connectivity index (χ4n) is 10.0. The number of carbonyl (C=O) groups is 2. The fourth-order valence-corrected chi connectivity index (χ4v) is 10.2. The summed E-state index contributed by atoms with van der Waals surface area (Å²) in [5.41, 5.74) is 6.29. The van der Waals surface area contributed by atoms with Crippen LogP contribution < -0.4 is 47.4 Å². The zero-order valence-corrected chi connectivity index (χ0v) is 42.7. The summed E-state index contributed by atoms with van der Waals surface area (Å²) in [5, 5.41) is -0.373. The van der Waals surface area contributed by atoms with Crippen LogP contribution in [0.4, 0.5) is 0 Å². The normalized spacial score (nSPS) is 19.5. The molecule has 6 rings (SSSR count). The summed E-state index contributed by atoms with van der Waals surface area (Å²) in [6.07, 6.45) is 3.53. The van der Waals surface area contributed by atoms with Crippen molar-refractivity contribution >= 4 is 23.5 Å². The van der Waals surface area contributed by atoms with Gasteiger partial charge in [0.25, 0.3) is 0 Å². The van der Waals surface area contributed by atoms with Gasteiger partial charge in [-0.2, -0.15) is 0 Å². The number of quaternary nitrogens is 2. The zero-order chi connectivity index (χ0) is 50.0. The molecule has 0 aromatic heterocycles. The molecule has 69 heavy (non-hydrogen) atoms. The van der Waals surface area contributed by atoms with Crippen LogP contribution in [0.1, 0.15) is 58.3 Å². The van der Waals surface area contributed by atoms with E-state index in [1.165, 1.54) is 0 Å². The average molecular weight is 980 g/mol. The Morgan fingerprint density at radius 1 is 0.507 bits per heavy atom. The Hall–Kier alpha value is -6.23. The van der Waals surface area contributed by atoms with Gasteiger partial charge in [-0.25, -0.2) is 9.59 Å². The molecule has 0 radical (unpaired) electrons. The van der Waals surface area contributed by atoms with Crippen LogP contribution in [0.15, 0.2) is 59.6 Å². The van der Waals surface area contributed by atoms with Crippen molar-refractivity contribution < 1.29 is 75.4 Å². The average Bonchev–Trinajstić information content (AvgIpc) is 3.36. The van der Waals surface area contributed by atoms with E-state index in [2.05, 4.69) is 14.1 Å². The molecule has 0 saturated heterocycles. The molecule has 0 bridgehead atoms. The lowest BCUT2D eigenvalue weighted by atomic mass is 9.85. The van der Waals surface area contributed by atoms with Crippen LogP contribution in [0, 0.1) is 0 Å². The SMILES string of the molecule is COc1cc2c(cc1OC)C(c1cc(OC)c(OC)c(OC)c1)[N@+](C)(CCCOC(=O)/C(Cl)=C/C(=O)OCCC[N@+]1(C)CCc3cc(OC)c(OC)cc3[C@H]1c1cc(OC)c(OC)c(OC)c1)CC2. The van der Waals surface area contributed by atoms with Crippen molar-refractivity contribution in [2.24, 2.45) is 0 Å². The van der Waals surface area contributed by atoms with Crippen LogP contribution in [-0.4, -0.2) is 145 Å². The predicted octanol–water partition coefficient (Wildman–Crippen LogP) is 7.65. The number of carbonyl (C=O) groups excluding carboxylic acids is 2. The molecular weight excluding hydrogens is 912 g/mol. The number of nitrogens with zero attached hydrogens (tertiary/aromatic N) is 2. The molecule has 17 heteroatoms. The Morgan fingerprint density at radius 3 is 1.20 bits per heavy atom. The molecule has 0 fully saturated rings. The number of ether oxygens (including phenoxy) is 12. The smallest absolute Gasteiger partial charge is 0.350 e. The molecule has 4 aromatic carbocycles. The van der Waals surface area contributed by atoms with Crippen LogP contribution in [0.2, 0.25) is 0 Å². The van der Waals surface area contributed by atoms with Crippen molar-refractivity contribution in [3.05, 3.63) is 93.0 Å². The van der Waals surface area contributed by atoms with E-state index in [1.807, 2.05) is 48.5 Å². The van der Waals surface area contributed by atoms with Crippen LogP contribution in [0.5, 0.6) is 57.5 Å². The summed E-state index contributed by atoms with van der Waals surface area (Å²) in [5.74, 6) is 4.12. The number of halogens is 1. The third kappa shape index (κ3) is 11.0. The van der Waals surface area contributed by atoms with E-state index in [-0.39, 0.29) is 30.3 Å². The van der Waals surface area contributed by atoms with Crippen LogP contribution in [-0.2, 0) is 31.9 Å². The molecule has 0 spiro atoms. The minimum absolute atomic E-state index is 0.0674. The predicted molar refractivity (Wildman–Crippen MR) is 259 cm³/mol. The van der Waals surface area contributed by atoms with E-state index >= 15 is 0 Å². The van der Waals surface area contributed by atoms with E-state index < -0.39 is 11.9 Å². The number of esters is 2. The molecule has 4 atom stereocenters. The molecular formula is C52H67ClN2O14+2. The summed E-state index contributed by atoms with van der Waals surface area (Å²) in [6, 6.07) is 15.6.